The first-order chi connectivity index (χ1) is 16.0. The molecule has 5 rings (SSSR count). The van der Waals surface area contributed by atoms with Crippen LogP contribution in [0.15, 0.2) is 71.7 Å². The van der Waals surface area contributed by atoms with Gasteiger partial charge in [-0.25, -0.2) is 4.39 Å². The van der Waals surface area contributed by atoms with E-state index >= 15 is 0 Å². The monoisotopic (exact) mass is 447 g/mol. The molecular formula is C25H22FN3O4. The summed E-state index contributed by atoms with van der Waals surface area (Å²) in [5.41, 5.74) is 1.22. The third-order valence-corrected chi connectivity index (χ3v) is 6.03. The van der Waals surface area contributed by atoms with Crippen molar-refractivity contribution in [3.05, 3.63) is 105 Å². The van der Waals surface area contributed by atoms with E-state index in [1.807, 2.05) is 35.3 Å². The highest BCUT2D eigenvalue weighted by Gasteiger charge is 2.37. The van der Waals surface area contributed by atoms with Crippen molar-refractivity contribution in [3.63, 3.8) is 0 Å². The molecule has 8 heteroatoms. The van der Waals surface area contributed by atoms with E-state index in [9.17, 15) is 19.1 Å². The maximum Gasteiger partial charge on any atom is 0.278 e. The van der Waals surface area contributed by atoms with E-state index in [1.165, 1.54) is 23.0 Å². The molecule has 33 heavy (non-hydrogen) atoms. The van der Waals surface area contributed by atoms with Crippen LogP contribution in [-0.2, 0) is 0 Å². The molecule has 2 aromatic carbocycles. The van der Waals surface area contributed by atoms with E-state index in [1.54, 1.807) is 30.0 Å². The molecule has 1 atom stereocenters. The van der Waals surface area contributed by atoms with Gasteiger partial charge >= 0.3 is 0 Å². The number of fused-ring (bicyclic) bond motifs is 5. The van der Waals surface area contributed by atoms with Crippen LogP contribution in [0.4, 0.5) is 4.39 Å². The number of halogens is 1. The number of benzene rings is 2. The summed E-state index contributed by atoms with van der Waals surface area (Å²) in [5, 5.41) is 12.4. The summed E-state index contributed by atoms with van der Waals surface area (Å²) >= 11 is 0. The molecule has 0 radical (unpaired) electrons. The summed E-state index contributed by atoms with van der Waals surface area (Å²) in [6, 6.07) is 13.4. The van der Waals surface area contributed by atoms with Gasteiger partial charge in [0.15, 0.2) is 11.4 Å². The van der Waals surface area contributed by atoms with Crippen molar-refractivity contribution in [1.82, 2.24) is 9.58 Å². The van der Waals surface area contributed by atoms with Crippen LogP contribution in [-0.4, -0.2) is 40.4 Å². The molecule has 0 saturated carbocycles. The number of ether oxygens (including phenoxy) is 1. The molecule has 2 aliphatic rings. The minimum atomic E-state index is -0.630. The number of aromatic nitrogens is 1. The Balaban J connectivity index is 1.83. The van der Waals surface area contributed by atoms with Gasteiger partial charge in [0.2, 0.25) is 5.43 Å². The lowest BCUT2D eigenvalue weighted by Gasteiger charge is -2.44. The Morgan fingerprint density at radius 2 is 1.85 bits per heavy atom. The third-order valence-electron chi connectivity index (χ3n) is 6.03. The quantitative estimate of drug-likeness (QED) is 0.581. The average Bonchev–Trinajstić information content (AvgIpc) is 2.85. The molecule has 1 amide bonds. The molecule has 168 valence electrons. The zero-order chi connectivity index (χ0) is 23.1. The summed E-state index contributed by atoms with van der Waals surface area (Å²) in [5.74, 6) is -1.01. The van der Waals surface area contributed by atoms with Crippen molar-refractivity contribution in [2.24, 2.45) is 0 Å². The van der Waals surface area contributed by atoms with E-state index in [2.05, 4.69) is 0 Å². The highest BCUT2D eigenvalue weighted by atomic mass is 19.1. The Morgan fingerprint density at radius 3 is 2.64 bits per heavy atom. The zero-order valence-electron chi connectivity index (χ0n) is 17.9. The van der Waals surface area contributed by atoms with Crippen molar-refractivity contribution in [1.29, 1.82) is 0 Å². The molecule has 3 heterocycles. The van der Waals surface area contributed by atoms with Crippen LogP contribution in [0.5, 0.6) is 11.5 Å². The van der Waals surface area contributed by atoms with Gasteiger partial charge in [-0.1, -0.05) is 36.4 Å². The van der Waals surface area contributed by atoms with Crippen LogP contribution in [0.1, 0.15) is 33.2 Å². The molecule has 0 aliphatic carbocycles. The molecule has 1 N–H and O–H groups in total. The normalized spacial score (nSPS) is 18.6. The molecule has 2 bridgehead atoms. The molecule has 0 saturated heterocycles. The van der Waals surface area contributed by atoms with Gasteiger partial charge in [0.05, 0.1) is 0 Å². The maximum atomic E-state index is 14.5. The molecule has 1 aromatic heterocycles. The maximum absolute atomic E-state index is 14.5. The van der Waals surface area contributed by atoms with E-state index in [-0.39, 0.29) is 31.3 Å². The summed E-state index contributed by atoms with van der Waals surface area (Å²) in [7, 11) is 0. The van der Waals surface area contributed by atoms with Gasteiger partial charge in [-0.2, -0.15) is 0 Å². The third kappa shape index (κ3) is 3.44. The van der Waals surface area contributed by atoms with Crippen molar-refractivity contribution < 1.29 is 19.0 Å². The molecule has 3 aromatic rings. The Hall–Kier alpha value is -4.07. The van der Waals surface area contributed by atoms with Crippen LogP contribution in [0, 0.1) is 12.7 Å². The van der Waals surface area contributed by atoms with Crippen molar-refractivity contribution in [3.8, 4) is 11.5 Å². The number of aromatic hydroxyl groups is 1. The smallest absolute Gasteiger partial charge is 0.278 e. The summed E-state index contributed by atoms with van der Waals surface area (Å²) in [6.45, 7) is 2.31. The predicted molar refractivity (Wildman–Crippen MR) is 121 cm³/mol. The van der Waals surface area contributed by atoms with Crippen LogP contribution < -0.4 is 15.2 Å². The van der Waals surface area contributed by atoms with Crippen molar-refractivity contribution in [2.75, 3.05) is 24.8 Å². The van der Waals surface area contributed by atoms with E-state index in [0.29, 0.717) is 16.9 Å². The zero-order valence-corrected chi connectivity index (χ0v) is 17.9. The van der Waals surface area contributed by atoms with E-state index in [0.717, 1.165) is 5.56 Å². The highest BCUT2D eigenvalue weighted by Crippen LogP contribution is 2.39. The van der Waals surface area contributed by atoms with Gasteiger partial charge < -0.3 is 14.7 Å². The number of carbonyl (C=O) groups excluding carboxylic acids is 1. The topological polar surface area (TPSA) is 75.0 Å². The number of amides is 1. The van der Waals surface area contributed by atoms with Crippen molar-refractivity contribution in [2.45, 2.75) is 13.0 Å². The Bertz CT molecular complexity index is 1320. The lowest BCUT2D eigenvalue weighted by atomic mass is 9.95. The lowest BCUT2D eigenvalue weighted by molar-refractivity contribution is 0.0701. The Kier molecular flexibility index (Phi) is 5.12. The standard InChI is InChI=1S/C25H22FN3O4/c1-16-19(26)10-9-18-21(17-7-3-2-4-8-17)29-15-27(12-5-6-14-33-24(16)18)25(32)22-23(31)20(30)11-13-28(22)29/h2-11,13,21,31H,12,14-15H2,1H3/b6-5-/t21-/m0/s1. The first kappa shape index (κ1) is 20.8. The van der Waals surface area contributed by atoms with Crippen LogP contribution in [0.2, 0.25) is 0 Å². The van der Waals surface area contributed by atoms with Crippen LogP contribution in [0.3, 0.4) is 0 Å². The average molecular weight is 447 g/mol. The first-order valence-electron chi connectivity index (χ1n) is 10.6. The van der Waals surface area contributed by atoms with Gasteiger partial charge in [0.25, 0.3) is 5.91 Å². The second kappa shape index (κ2) is 8.12. The summed E-state index contributed by atoms with van der Waals surface area (Å²) < 4.78 is 22.1. The van der Waals surface area contributed by atoms with E-state index < -0.39 is 23.1 Å². The highest BCUT2D eigenvalue weighted by molar-refractivity contribution is 5.96. The second-order valence-corrected chi connectivity index (χ2v) is 8.02. The minimum absolute atomic E-state index is 0.108. The van der Waals surface area contributed by atoms with Gasteiger partial charge in [0, 0.05) is 29.9 Å². The predicted octanol–water partition coefficient (Wildman–Crippen LogP) is 3.09. The Morgan fingerprint density at radius 1 is 1.06 bits per heavy atom. The lowest BCUT2D eigenvalue weighted by Crippen LogP contribution is -2.55. The summed E-state index contributed by atoms with van der Waals surface area (Å²) in [6.07, 6.45) is 5.02. The number of carbonyl (C=O) groups is 1. The number of hydrogen-bond acceptors (Lipinski definition) is 5. The summed E-state index contributed by atoms with van der Waals surface area (Å²) in [4.78, 5) is 26.9. The fourth-order valence-corrected chi connectivity index (χ4v) is 4.38. The van der Waals surface area contributed by atoms with Gasteiger partial charge in [-0.15, -0.1) is 0 Å². The Labute approximate surface area is 189 Å². The molecule has 0 spiro atoms. The van der Waals surface area contributed by atoms with Gasteiger partial charge in [-0.05, 0) is 30.7 Å². The first-order valence-corrected chi connectivity index (χ1v) is 10.6. The molecule has 0 unspecified atom stereocenters. The number of rotatable bonds is 1. The van der Waals surface area contributed by atoms with Crippen LogP contribution >= 0.6 is 0 Å². The van der Waals surface area contributed by atoms with Gasteiger partial charge in [-0.3, -0.25) is 19.3 Å². The fourth-order valence-electron chi connectivity index (χ4n) is 4.38. The second-order valence-electron chi connectivity index (χ2n) is 8.02. The number of nitrogens with zero attached hydrogens (tertiary/aromatic N) is 3. The van der Waals surface area contributed by atoms with Crippen molar-refractivity contribution >= 4 is 5.91 Å². The molecule has 7 nitrogen and oxygen atoms in total. The van der Waals surface area contributed by atoms with Crippen LogP contribution in [0.25, 0.3) is 0 Å². The fraction of sp³-hybridized carbons (Fsp3) is 0.200. The molecule has 2 aliphatic heterocycles. The largest absolute Gasteiger partial charge is 0.502 e. The molecule has 0 fully saturated rings. The minimum Gasteiger partial charge on any atom is -0.502 e. The number of hydrogen-bond donors (Lipinski definition) is 1. The van der Waals surface area contributed by atoms with Gasteiger partial charge in [0.1, 0.15) is 30.9 Å². The van der Waals surface area contributed by atoms with E-state index in [4.69, 9.17) is 4.74 Å². The molecular weight excluding hydrogens is 425 g/mol. The SMILES string of the molecule is Cc1c(F)ccc2c1OC/C=C\CN1CN([C@H]2c2ccccc2)n2ccc(=O)c(O)c2C1=O. The number of pyridine rings is 1.